The van der Waals surface area contributed by atoms with E-state index in [1.54, 1.807) is 0 Å². The van der Waals surface area contributed by atoms with E-state index < -0.39 is 27.8 Å². The molecule has 1 atom stereocenters. The van der Waals surface area contributed by atoms with E-state index in [0.29, 0.717) is 5.69 Å². The average molecular weight is 378 g/mol. The summed E-state index contributed by atoms with van der Waals surface area (Å²) in [5, 5.41) is 2.80. The number of anilines is 2. The van der Waals surface area contributed by atoms with E-state index in [1.807, 2.05) is 32.9 Å². The van der Waals surface area contributed by atoms with E-state index in [-0.39, 0.29) is 5.69 Å². The monoisotopic (exact) mass is 378 g/mol. The van der Waals surface area contributed by atoms with Crippen LogP contribution in [0.15, 0.2) is 36.4 Å². The summed E-state index contributed by atoms with van der Waals surface area (Å²) in [6.45, 7) is 7.19. The molecular weight excluding hydrogens is 355 g/mol. The number of amides is 1. The molecule has 2 aromatic rings. The molecule has 140 valence electrons. The van der Waals surface area contributed by atoms with Gasteiger partial charge >= 0.3 is 0 Å². The molecule has 0 fully saturated rings. The molecule has 7 heteroatoms. The second-order valence-corrected chi connectivity index (χ2v) is 8.34. The summed E-state index contributed by atoms with van der Waals surface area (Å²) in [6, 6.07) is 7.99. The van der Waals surface area contributed by atoms with Gasteiger partial charge < -0.3 is 5.32 Å². The molecule has 5 nitrogen and oxygen atoms in total. The maximum atomic E-state index is 13.5. The molecule has 0 heterocycles. The number of nitrogens with zero attached hydrogens (tertiary/aromatic N) is 1. The molecule has 0 saturated carbocycles. The second-order valence-electron chi connectivity index (χ2n) is 6.48. The molecule has 0 radical (unpaired) electrons. The third-order valence-corrected chi connectivity index (χ3v) is 5.32. The van der Waals surface area contributed by atoms with Crippen LogP contribution in [0.5, 0.6) is 0 Å². The minimum Gasteiger partial charge on any atom is -0.324 e. The van der Waals surface area contributed by atoms with Crippen molar-refractivity contribution >= 4 is 27.3 Å². The smallest absolute Gasteiger partial charge is 0.248 e. The fourth-order valence-electron chi connectivity index (χ4n) is 3.03. The summed E-state index contributed by atoms with van der Waals surface area (Å²) < 4.78 is 39.0. The molecule has 0 aliphatic rings. The third-order valence-electron chi connectivity index (χ3n) is 4.08. The molecule has 2 aromatic carbocycles. The lowest BCUT2D eigenvalue weighted by Crippen LogP contribution is -2.45. The van der Waals surface area contributed by atoms with Crippen molar-refractivity contribution < 1.29 is 17.6 Å². The van der Waals surface area contributed by atoms with Gasteiger partial charge in [-0.05, 0) is 57.0 Å². The van der Waals surface area contributed by atoms with E-state index in [1.165, 1.54) is 25.1 Å². The topological polar surface area (TPSA) is 66.5 Å². The van der Waals surface area contributed by atoms with Gasteiger partial charge in [-0.25, -0.2) is 12.8 Å². The van der Waals surface area contributed by atoms with Gasteiger partial charge in [-0.1, -0.05) is 23.8 Å². The zero-order valence-corrected chi connectivity index (χ0v) is 16.3. The number of rotatable bonds is 5. The first-order chi connectivity index (χ1) is 12.0. The SMILES string of the molecule is Cc1cc(C)c(NC(=O)[C@@H](C)N(c2cccc(F)c2)S(C)(=O)=O)c(C)c1. The van der Waals surface area contributed by atoms with Gasteiger partial charge in [-0.15, -0.1) is 0 Å². The first-order valence-electron chi connectivity index (χ1n) is 8.14. The molecule has 1 N–H and O–H groups in total. The number of carbonyl (C=O) groups is 1. The summed E-state index contributed by atoms with van der Waals surface area (Å²) in [7, 11) is -3.79. The number of hydrogen-bond acceptors (Lipinski definition) is 3. The Morgan fingerprint density at radius 3 is 2.19 bits per heavy atom. The second kappa shape index (κ2) is 7.45. The van der Waals surface area contributed by atoms with Crippen LogP contribution in [-0.2, 0) is 14.8 Å². The Bertz CT molecular complexity index is 919. The predicted molar refractivity (Wildman–Crippen MR) is 102 cm³/mol. The molecule has 0 aromatic heterocycles. The van der Waals surface area contributed by atoms with Gasteiger partial charge in [0.25, 0.3) is 0 Å². The first kappa shape index (κ1) is 19.9. The van der Waals surface area contributed by atoms with Crippen LogP contribution < -0.4 is 9.62 Å². The van der Waals surface area contributed by atoms with Crippen LogP contribution in [0, 0.1) is 26.6 Å². The van der Waals surface area contributed by atoms with Crippen LogP contribution in [-0.4, -0.2) is 26.6 Å². The van der Waals surface area contributed by atoms with Gasteiger partial charge in [-0.2, -0.15) is 0 Å². The number of nitrogens with one attached hydrogen (secondary N) is 1. The highest BCUT2D eigenvalue weighted by molar-refractivity contribution is 7.92. The van der Waals surface area contributed by atoms with E-state index in [0.717, 1.165) is 33.3 Å². The fourth-order valence-corrected chi connectivity index (χ4v) is 4.19. The van der Waals surface area contributed by atoms with Gasteiger partial charge in [0, 0.05) is 5.69 Å². The molecule has 0 spiro atoms. The number of carbonyl (C=O) groups excluding carboxylic acids is 1. The van der Waals surface area contributed by atoms with Crippen molar-refractivity contribution in [2.75, 3.05) is 15.9 Å². The Kier molecular flexibility index (Phi) is 5.71. The predicted octanol–water partition coefficient (Wildman–Crippen LogP) is 3.54. The largest absolute Gasteiger partial charge is 0.324 e. The van der Waals surface area contributed by atoms with Crippen molar-refractivity contribution in [1.29, 1.82) is 0 Å². The highest BCUT2D eigenvalue weighted by atomic mass is 32.2. The van der Waals surface area contributed by atoms with Crippen molar-refractivity contribution in [3.05, 3.63) is 58.9 Å². The summed E-state index contributed by atoms with van der Waals surface area (Å²) in [4.78, 5) is 12.7. The van der Waals surface area contributed by atoms with Crippen molar-refractivity contribution in [1.82, 2.24) is 0 Å². The summed E-state index contributed by atoms with van der Waals surface area (Å²) in [5.74, 6) is -1.07. The molecule has 1 amide bonds. The Labute approximate surface area is 153 Å². The molecule has 0 aliphatic carbocycles. The minimum atomic E-state index is -3.79. The number of benzene rings is 2. The lowest BCUT2D eigenvalue weighted by atomic mass is 10.0. The maximum Gasteiger partial charge on any atom is 0.248 e. The Morgan fingerprint density at radius 1 is 1.12 bits per heavy atom. The van der Waals surface area contributed by atoms with Crippen LogP contribution in [0.4, 0.5) is 15.8 Å². The molecule has 0 unspecified atom stereocenters. The number of sulfonamides is 1. The summed E-state index contributed by atoms with van der Waals surface area (Å²) in [5.41, 5.74) is 3.61. The first-order valence-corrected chi connectivity index (χ1v) is 9.99. The fraction of sp³-hybridized carbons (Fsp3) is 0.316. The van der Waals surface area contributed by atoms with Crippen molar-refractivity contribution in [3.8, 4) is 0 Å². The van der Waals surface area contributed by atoms with Crippen molar-refractivity contribution in [2.45, 2.75) is 33.7 Å². The van der Waals surface area contributed by atoms with Crippen LogP contribution >= 0.6 is 0 Å². The standard InChI is InChI=1S/C19H23FN2O3S/c1-12-9-13(2)18(14(3)10-12)21-19(23)15(4)22(26(5,24)25)17-8-6-7-16(20)11-17/h6-11,15H,1-5H3,(H,21,23)/t15-/m1/s1. The third kappa shape index (κ3) is 4.40. The quantitative estimate of drug-likeness (QED) is 0.865. The van der Waals surface area contributed by atoms with Crippen molar-refractivity contribution in [3.63, 3.8) is 0 Å². The molecule has 26 heavy (non-hydrogen) atoms. The van der Waals surface area contributed by atoms with E-state index >= 15 is 0 Å². The van der Waals surface area contributed by atoms with Gasteiger partial charge in [0.15, 0.2) is 0 Å². The van der Waals surface area contributed by atoms with Gasteiger partial charge in [-0.3, -0.25) is 9.10 Å². The van der Waals surface area contributed by atoms with Crippen LogP contribution in [0.3, 0.4) is 0 Å². The number of aryl methyl sites for hydroxylation is 3. The highest BCUT2D eigenvalue weighted by Crippen LogP contribution is 2.25. The van der Waals surface area contributed by atoms with Gasteiger partial charge in [0.05, 0.1) is 11.9 Å². The average Bonchev–Trinajstić information content (AvgIpc) is 2.49. The van der Waals surface area contributed by atoms with Gasteiger partial charge in [0.1, 0.15) is 11.9 Å². The Morgan fingerprint density at radius 2 is 1.69 bits per heavy atom. The zero-order chi connectivity index (χ0) is 19.6. The van der Waals surface area contributed by atoms with Crippen molar-refractivity contribution in [2.24, 2.45) is 0 Å². The molecule has 0 bridgehead atoms. The van der Waals surface area contributed by atoms with Crippen LogP contribution in [0.1, 0.15) is 23.6 Å². The van der Waals surface area contributed by atoms with E-state index in [9.17, 15) is 17.6 Å². The minimum absolute atomic E-state index is 0.104. The van der Waals surface area contributed by atoms with Crippen LogP contribution in [0.2, 0.25) is 0 Å². The van der Waals surface area contributed by atoms with E-state index in [2.05, 4.69) is 5.32 Å². The van der Waals surface area contributed by atoms with Gasteiger partial charge in [0.2, 0.25) is 15.9 Å². The molecule has 0 aliphatic heterocycles. The molecular formula is C19H23FN2O3S. The molecule has 2 rings (SSSR count). The summed E-state index contributed by atoms with van der Waals surface area (Å²) in [6.07, 6.45) is 0.990. The normalized spacial score (nSPS) is 12.5. The zero-order valence-electron chi connectivity index (χ0n) is 15.5. The molecule has 0 saturated heterocycles. The van der Waals surface area contributed by atoms with E-state index in [4.69, 9.17) is 0 Å². The lowest BCUT2D eigenvalue weighted by Gasteiger charge is -2.28. The maximum absolute atomic E-state index is 13.5. The number of hydrogen-bond donors (Lipinski definition) is 1. The highest BCUT2D eigenvalue weighted by Gasteiger charge is 2.29. The Hall–Kier alpha value is -2.41. The summed E-state index contributed by atoms with van der Waals surface area (Å²) >= 11 is 0. The lowest BCUT2D eigenvalue weighted by molar-refractivity contribution is -0.116. The Balaban J connectivity index is 2.38. The number of halogens is 1. The van der Waals surface area contributed by atoms with Crippen LogP contribution in [0.25, 0.3) is 0 Å².